The number of hydrogen-bond acceptors (Lipinski definition) is 4. The van der Waals surface area contributed by atoms with E-state index in [1.807, 2.05) is 44.2 Å². The molecule has 0 aliphatic carbocycles. The molecule has 0 radical (unpaired) electrons. The molecule has 0 bridgehead atoms. The molecule has 9 heteroatoms. The molecule has 0 heterocycles. The molecule has 0 saturated carbocycles. The number of carbonyl (C=O) groups excluding carboxylic acids is 2. The lowest BCUT2D eigenvalue weighted by Crippen LogP contribution is -2.52. The van der Waals surface area contributed by atoms with Gasteiger partial charge < -0.3 is 10.2 Å². The Labute approximate surface area is 230 Å². The van der Waals surface area contributed by atoms with Gasteiger partial charge in [-0.3, -0.25) is 13.9 Å². The summed E-state index contributed by atoms with van der Waals surface area (Å²) in [5, 5.41) is 2.89. The molecule has 2 amide bonds. The van der Waals surface area contributed by atoms with Crippen molar-refractivity contribution in [2.24, 2.45) is 0 Å². The fraction of sp³-hybridized carbons (Fsp3) is 0.333. The van der Waals surface area contributed by atoms with Crippen molar-refractivity contribution in [3.8, 4) is 0 Å². The molecule has 1 N–H and O–H groups in total. The second kappa shape index (κ2) is 13.9. The highest BCUT2D eigenvalue weighted by Crippen LogP contribution is 2.27. The van der Waals surface area contributed by atoms with Gasteiger partial charge in [-0.2, -0.15) is 0 Å². The van der Waals surface area contributed by atoms with Crippen LogP contribution >= 0.6 is 0 Å². The van der Waals surface area contributed by atoms with Crippen molar-refractivity contribution in [3.63, 3.8) is 0 Å². The number of para-hydroxylation sites is 1. The summed E-state index contributed by atoms with van der Waals surface area (Å²) in [4.78, 5) is 28.4. The Balaban J connectivity index is 2.03. The molecule has 0 spiro atoms. The molecule has 3 rings (SSSR count). The molecule has 1 atom stereocenters. The quantitative estimate of drug-likeness (QED) is 0.300. The van der Waals surface area contributed by atoms with E-state index in [0.717, 1.165) is 34.3 Å². The lowest BCUT2D eigenvalue weighted by molar-refractivity contribution is -0.140. The number of aryl methyl sites for hydroxylation is 1. The van der Waals surface area contributed by atoms with Gasteiger partial charge in [0.15, 0.2) is 0 Å². The van der Waals surface area contributed by atoms with Crippen LogP contribution in [0.3, 0.4) is 0 Å². The van der Waals surface area contributed by atoms with Crippen molar-refractivity contribution >= 4 is 27.5 Å². The van der Waals surface area contributed by atoms with Crippen molar-refractivity contribution in [2.45, 2.75) is 57.5 Å². The highest BCUT2D eigenvalue weighted by atomic mass is 32.2. The normalized spacial score (nSPS) is 12.0. The van der Waals surface area contributed by atoms with E-state index in [2.05, 4.69) is 5.32 Å². The van der Waals surface area contributed by atoms with Crippen molar-refractivity contribution in [2.75, 3.05) is 17.4 Å². The van der Waals surface area contributed by atoms with E-state index in [9.17, 15) is 22.4 Å². The van der Waals surface area contributed by atoms with Crippen LogP contribution in [0.1, 0.15) is 44.2 Å². The van der Waals surface area contributed by atoms with Gasteiger partial charge in [-0.15, -0.1) is 0 Å². The topological polar surface area (TPSA) is 86.8 Å². The van der Waals surface area contributed by atoms with Crippen LogP contribution in [0, 0.1) is 12.7 Å². The maximum absolute atomic E-state index is 15.0. The van der Waals surface area contributed by atoms with Crippen molar-refractivity contribution < 1.29 is 22.4 Å². The van der Waals surface area contributed by atoms with Crippen molar-refractivity contribution in [3.05, 3.63) is 95.8 Å². The number of benzene rings is 3. The van der Waals surface area contributed by atoms with Crippen LogP contribution in [0.2, 0.25) is 0 Å². The summed E-state index contributed by atoms with van der Waals surface area (Å²) in [6.07, 6.45) is 2.02. The van der Waals surface area contributed by atoms with E-state index >= 15 is 0 Å². The van der Waals surface area contributed by atoms with Gasteiger partial charge in [-0.05, 0) is 49.6 Å². The summed E-state index contributed by atoms with van der Waals surface area (Å²) in [5.74, 6) is -1.70. The van der Waals surface area contributed by atoms with Crippen LogP contribution in [0.15, 0.2) is 83.8 Å². The minimum atomic E-state index is -4.32. The first-order valence-corrected chi connectivity index (χ1v) is 14.6. The zero-order valence-corrected chi connectivity index (χ0v) is 23.5. The van der Waals surface area contributed by atoms with Crippen LogP contribution in [-0.4, -0.2) is 44.3 Å². The number of rotatable bonds is 13. The number of hydrogen-bond donors (Lipinski definition) is 1. The fourth-order valence-corrected chi connectivity index (χ4v) is 5.63. The minimum Gasteiger partial charge on any atom is -0.354 e. The average molecular weight is 554 g/mol. The van der Waals surface area contributed by atoms with E-state index in [1.54, 1.807) is 19.1 Å². The summed E-state index contributed by atoms with van der Waals surface area (Å²) >= 11 is 0. The summed E-state index contributed by atoms with van der Waals surface area (Å²) < 4.78 is 43.3. The largest absolute Gasteiger partial charge is 0.354 e. The van der Waals surface area contributed by atoms with Gasteiger partial charge in [0.1, 0.15) is 18.4 Å². The predicted molar refractivity (Wildman–Crippen MR) is 151 cm³/mol. The number of anilines is 1. The second-order valence-electron chi connectivity index (χ2n) is 9.35. The van der Waals surface area contributed by atoms with Crippen LogP contribution in [0.4, 0.5) is 10.1 Å². The van der Waals surface area contributed by atoms with E-state index in [-0.39, 0.29) is 23.0 Å². The highest BCUT2D eigenvalue weighted by molar-refractivity contribution is 7.92. The maximum Gasteiger partial charge on any atom is 0.264 e. The van der Waals surface area contributed by atoms with Crippen LogP contribution in [0.25, 0.3) is 0 Å². The first kappa shape index (κ1) is 29.8. The van der Waals surface area contributed by atoms with Crippen LogP contribution in [0.5, 0.6) is 0 Å². The molecule has 0 aromatic heterocycles. The van der Waals surface area contributed by atoms with Gasteiger partial charge >= 0.3 is 0 Å². The number of nitrogens with one attached hydrogen (secondary N) is 1. The van der Waals surface area contributed by atoms with Gasteiger partial charge in [0.25, 0.3) is 10.0 Å². The van der Waals surface area contributed by atoms with Gasteiger partial charge in [-0.1, -0.05) is 80.4 Å². The van der Waals surface area contributed by atoms with Gasteiger partial charge in [-0.25, -0.2) is 12.8 Å². The Morgan fingerprint density at radius 2 is 1.56 bits per heavy atom. The summed E-state index contributed by atoms with van der Waals surface area (Å²) in [7, 11) is -4.32. The molecule has 0 aliphatic rings. The Hall–Kier alpha value is -3.72. The van der Waals surface area contributed by atoms with Crippen molar-refractivity contribution in [1.29, 1.82) is 0 Å². The first-order chi connectivity index (χ1) is 18.7. The molecule has 0 unspecified atom stereocenters. The standard InChI is InChI=1S/C30H36FN3O4S/c1-4-6-20-32-30(36)27(5-2)33(21-24-12-8-7-9-13-24)29(35)22-34(28-15-11-10-14-26(28)31)39(37,38)25-18-16-23(3)17-19-25/h7-19,27H,4-6,20-22H2,1-3H3,(H,32,36)/t27-/m1/s1. The SMILES string of the molecule is CCCCNC(=O)[C@@H](CC)N(Cc1ccccc1)C(=O)CN(c1ccccc1F)S(=O)(=O)c1ccc(C)cc1. The highest BCUT2D eigenvalue weighted by Gasteiger charge is 2.34. The summed E-state index contributed by atoms with van der Waals surface area (Å²) in [6, 6.07) is 19.9. The zero-order chi connectivity index (χ0) is 28.4. The van der Waals surface area contributed by atoms with Gasteiger partial charge in [0, 0.05) is 13.1 Å². The number of carbonyl (C=O) groups is 2. The second-order valence-corrected chi connectivity index (χ2v) is 11.2. The first-order valence-electron chi connectivity index (χ1n) is 13.1. The average Bonchev–Trinajstić information content (AvgIpc) is 2.93. The van der Waals surface area contributed by atoms with Crippen LogP contribution in [-0.2, 0) is 26.2 Å². The molecule has 208 valence electrons. The molecular formula is C30H36FN3O4S. The zero-order valence-electron chi connectivity index (χ0n) is 22.6. The number of unbranched alkanes of at least 4 members (excludes halogenated alkanes) is 1. The summed E-state index contributed by atoms with van der Waals surface area (Å²) in [6.45, 7) is 5.53. The third-order valence-electron chi connectivity index (χ3n) is 6.42. The molecule has 0 saturated heterocycles. The molecule has 0 fully saturated rings. The molecule has 0 aliphatic heterocycles. The van der Waals surface area contributed by atoms with E-state index in [0.29, 0.717) is 13.0 Å². The number of sulfonamides is 1. The monoisotopic (exact) mass is 553 g/mol. The number of nitrogens with zero attached hydrogens (tertiary/aromatic N) is 2. The third kappa shape index (κ3) is 7.66. The summed E-state index contributed by atoms with van der Waals surface area (Å²) in [5.41, 5.74) is 1.40. The Morgan fingerprint density at radius 1 is 0.923 bits per heavy atom. The Bertz CT molecular complexity index is 1350. The van der Waals surface area contributed by atoms with Gasteiger partial charge in [0.2, 0.25) is 11.8 Å². The minimum absolute atomic E-state index is 0.0666. The third-order valence-corrected chi connectivity index (χ3v) is 8.19. The lowest BCUT2D eigenvalue weighted by atomic mass is 10.1. The fourth-order valence-electron chi connectivity index (χ4n) is 4.21. The molecule has 3 aromatic carbocycles. The smallest absolute Gasteiger partial charge is 0.264 e. The number of halogens is 1. The molecule has 3 aromatic rings. The Kier molecular flexibility index (Phi) is 10.6. The van der Waals surface area contributed by atoms with E-state index in [4.69, 9.17) is 0 Å². The Morgan fingerprint density at radius 3 is 2.18 bits per heavy atom. The maximum atomic E-state index is 15.0. The number of amides is 2. The van der Waals surface area contributed by atoms with Crippen LogP contribution < -0.4 is 9.62 Å². The van der Waals surface area contributed by atoms with Gasteiger partial charge in [0.05, 0.1) is 10.6 Å². The predicted octanol–water partition coefficient (Wildman–Crippen LogP) is 5.05. The molecular weight excluding hydrogens is 517 g/mol. The lowest BCUT2D eigenvalue weighted by Gasteiger charge is -2.33. The molecule has 7 nitrogen and oxygen atoms in total. The van der Waals surface area contributed by atoms with E-state index in [1.165, 1.54) is 35.2 Å². The van der Waals surface area contributed by atoms with Crippen molar-refractivity contribution in [1.82, 2.24) is 10.2 Å². The molecule has 39 heavy (non-hydrogen) atoms. The van der Waals surface area contributed by atoms with E-state index < -0.39 is 34.3 Å².